The Hall–Kier alpha value is -0.810. The van der Waals surface area contributed by atoms with Crippen LogP contribution in [-0.2, 0) is 0 Å². The Kier molecular flexibility index (Phi) is 2.96. The zero-order valence-corrected chi connectivity index (χ0v) is 10.9. The molecule has 5 heteroatoms. The van der Waals surface area contributed by atoms with Gasteiger partial charge in [-0.15, -0.1) is 0 Å². The van der Waals surface area contributed by atoms with Crippen LogP contribution in [0.4, 0.5) is 4.39 Å². The van der Waals surface area contributed by atoms with E-state index in [0.717, 1.165) is 23.9 Å². The molecule has 90 valence electrons. The molecule has 1 aliphatic heterocycles. The van der Waals surface area contributed by atoms with Gasteiger partial charge in [-0.3, -0.25) is 0 Å². The summed E-state index contributed by atoms with van der Waals surface area (Å²) in [5.74, 6) is 2.14. The van der Waals surface area contributed by atoms with Crippen LogP contribution in [0.2, 0.25) is 0 Å². The Labute approximate surface area is 108 Å². The van der Waals surface area contributed by atoms with Crippen LogP contribution in [-0.4, -0.2) is 21.1 Å². The molecule has 0 unspecified atom stereocenters. The van der Waals surface area contributed by atoms with E-state index < -0.39 is 0 Å². The maximum Gasteiger partial charge on any atom is 0.178 e. The van der Waals surface area contributed by atoms with Crippen molar-refractivity contribution in [3.8, 4) is 0 Å². The fourth-order valence-electron chi connectivity index (χ4n) is 2.41. The molecule has 0 atom stereocenters. The molecule has 0 radical (unpaired) electrons. The molecule has 2 heterocycles. The lowest BCUT2D eigenvalue weighted by Crippen LogP contribution is -2.15. The molecule has 0 bridgehead atoms. The number of fused-ring (bicyclic) bond motifs is 1. The Morgan fingerprint density at radius 1 is 1.35 bits per heavy atom. The van der Waals surface area contributed by atoms with Gasteiger partial charge in [0.25, 0.3) is 0 Å². The van der Waals surface area contributed by atoms with Crippen LogP contribution in [0.5, 0.6) is 0 Å². The van der Waals surface area contributed by atoms with Gasteiger partial charge < -0.3 is 9.55 Å². The van der Waals surface area contributed by atoms with Gasteiger partial charge in [-0.1, -0.05) is 0 Å². The number of aromatic amines is 1. The first-order chi connectivity index (χ1) is 8.25. The van der Waals surface area contributed by atoms with E-state index in [1.54, 1.807) is 0 Å². The number of aromatic nitrogens is 2. The number of thioether (sulfide) groups is 1. The molecule has 1 aliphatic rings. The number of hydrogen-bond acceptors (Lipinski definition) is 2. The highest BCUT2D eigenvalue weighted by atomic mass is 32.2. The van der Waals surface area contributed by atoms with Gasteiger partial charge in [0.05, 0.1) is 11.0 Å². The Bertz CT molecular complexity index is 596. The minimum atomic E-state index is -0.222. The molecule has 1 fully saturated rings. The number of nitrogens with one attached hydrogen (secondary N) is 1. The van der Waals surface area contributed by atoms with Crippen LogP contribution in [0, 0.1) is 10.6 Å². The number of halogens is 1. The van der Waals surface area contributed by atoms with Gasteiger partial charge in [0.15, 0.2) is 4.77 Å². The first-order valence-corrected chi connectivity index (χ1v) is 7.29. The molecule has 17 heavy (non-hydrogen) atoms. The van der Waals surface area contributed by atoms with Crippen LogP contribution in [0.3, 0.4) is 0 Å². The number of H-pyrrole nitrogens is 1. The van der Waals surface area contributed by atoms with E-state index in [1.807, 2.05) is 17.8 Å². The summed E-state index contributed by atoms with van der Waals surface area (Å²) in [7, 11) is 0. The number of benzene rings is 1. The normalized spacial score (nSPS) is 17.7. The summed E-state index contributed by atoms with van der Waals surface area (Å²) in [6.45, 7) is 0. The quantitative estimate of drug-likeness (QED) is 0.792. The average Bonchev–Trinajstić information content (AvgIpc) is 2.65. The Balaban J connectivity index is 2.14. The van der Waals surface area contributed by atoms with Gasteiger partial charge in [-0.2, -0.15) is 11.8 Å². The van der Waals surface area contributed by atoms with Crippen molar-refractivity contribution in [3.05, 3.63) is 28.8 Å². The third-order valence-electron chi connectivity index (χ3n) is 3.23. The summed E-state index contributed by atoms with van der Waals surface area (Å²) in [6.07, 6.45) is 2.28. The summed E-state index contributed by atoms with van der Waals surface area (Å²) < 4.78 is 16.0. The second-order valence-corrected chi connectivity index (χ2v) is 5.92. The fourth-order valence-corrected chi connectivity index (χ4v) is 3.85. The summed E-state index contributed by atoms with van der Waals surface area (Å²) in [6, 6.07) is 5.29. The van der Waals surface area contributed by atoms with E-state index in [0.29, 0.717) is 10.8 Å². The van der Waals surface area contributed by atoms with E-state index in [-0.39, 0.29) is 5.82 Å². The van der Waals surface area contributed by atoms with E-state index in [2.05, 4.69) is 9.55 Å². The molecule has 0 spiro atoms. The van der Waals surface area contributed by atoms with Crippen molar-refractivity contribution < 1.29 is 4.39 Å². The molecule has 1 aromatic heterocycles. The molecule has 3 rings (SSSR count). The summed E-state index contributed by atoms with van der Waals surface area (Å²) in [5.41, 5.74) is 1.82. The molecular formula is C12H13FN2S2. The lowest BCUT2D eigenvalue weighted by molar-refractivity contribution is 0.476. The molecular weight excluding hydrogens is 255 g/mol. The van der Waals surface area contributed by atoms with E-state index in [1.165, 1.54) is 23.6 Å². The van der Waals surface area contributed by atoms with Crippen LogP contribution in [0.25, 0.3) is 11.0 Å². The van der Waals surface area contributed by atoms with Gasteiger partial charge in [-0.25, -0.2) is 4.39 Å². The standard InChI is InChI=1S/C12H13FN2S2/c13-8-1-2-11-10(7-8)14-12(16)15(11)9-3-5-17-6-4-9/h1-2,7,9H,3-6H2,(H,14,16). The molecule has 1 saturated heterocycles. The van der Waals surface area contributed by atoms with Crippen LogP contribution in [0.1, 0.15) is 18.9 Å². The fraction of sp³-hybridized carbons (Fsp3) is 0.417. The highest BCUT2D eigenvalue weighted by Gasteiger charge is 2.18. The predicted octanol–water partition coefficient (Wildman–Crippen LogP) is 3.91. The molecule has 0 amide bonds. The van der Waals surface area contributed by atoms with Gasteiger partial charge in [0, 0.05) is 6.04 Å². The summed E-state index contributed by atoms with van der Waals surface area (Å²) >= 11 is 7.35. The minimum Gasteiger partial charge on any atom is -0.330 e. The average molecular weight is 268 g/mol. The SMILES string of the molecule is Fc1ccc2c(c1)[nH]c(=S)n2C1CCSCC1. The molecule has 1 aromatic carbocycles. The maximum atomic E-state index is 13.2. The van der Waals surface area contributed by atoms with Crippen molar-refractivity contribution in [1.82, 2.24) is 9.55 Å². The predicted molar refractivity (Wildman–Crippen MR) is 72.7 cm³/mol. The molecule has 0 aliphatic carbocycles. The molecule has 2 nitrogen and oxygen atoms in total. The van der Waals surface area contributed by atoms with Gasteiger partial charge in [0.2, 0.25) is 0 Å². The zero-order valence-electron chi connectivity index (χ0n) is 9.28. The third kappa shape index (κ3) is 2.02. The van der Waals surface area contributed by atoms with Crippen LogP contribution >= 0.6 is 24.0 Å². The second kappa shape index (κ2) is 4.46. The van der Waals surface area contributed by atoms with E-state index in [9.17, 15) is 4.39 Å². The first kappa shape index (κ1) is 11.3. The molecule has 1 N–H and O–H groups in total. The minimum absolute atomic E-state index is 0.222. The van der Waals surface area contributed by atoms with Crippen LogP contribution in [0.15, 0.2) is 18.2 Å². The number of hydrogen-bond donors (Lipinski definition) is 1. The zero-order chi connectivity index (χ0) is 11.8. The third-order valence-corrected chi connectivity index (χ3v) is 4.58. The van der Waals surface area contributed by atoms with Crippen molar-refractivity contribution in [1.29, 1.82) is 0 Å². The summed E-state index contributed by atoms with van der Waals surface area (Å²) in [5, 5.41) is 0. The number of nitrogens with zero attached hydrogens (tertiary/aromatic N) is 1. The molecule has 2 aromatic rings. The maximum absolute atomic E-state index is 13.2. The topological polar surface area (TPSA) is 20.7 Å². The van der Waals surface area contributed by atoms with E-state index in [4.69, 9.17) is 12.2 Å². The van der Waals surface area contributed by atoms with Gasteiger partial charge in [0.1, 0.15) is 5.82 Å². The van der Waals surface area contributed by atoms with E-state index >= 15 is 0 Å². The summed E-state index contributed by atoms with van der Waals surface area (Å²) in [4.78, 5) is 3.10. The van der Waals surface area contributed by atoms with Crippen LogP contribution < -0.4 is 0 Å². The van der Waals surface area contributed by atoms with Crippen molar-refractivity contribution in [2.24, 2.45) is 0 Å². The highest BCUT2D eigenvalue weighted by Crippen LogP contribution is 2.30. The Morgan fingerprint density at radius 3 is 2.88 bits per heavy atom. The smallest absolute Gasteiger partial charge is 0.178 e. The monoisotopic (exact) mass is 268 g/mol. The lowest BCUT2D eigenvalue weighted by atomic mass is 10.1. The second-order valence-electron chi connectivity index (χ2n) is 4.31. The van der Waals surface area contributed by atoms with Crippen molar-refractivity contribution in [2.75, 3.05) is 11.5 Å². The molecule has 0 saturated carbocycles. The first-order valence-electron chi connectivity index (χ1n) is 5.73. The largest absolute Gasteiger partial charge is 0.330 e. The number of rotatable bonds is 1. The Morgan fingerprint density at radius 2 is 2.12 bits per heavy atom. The number of imidazole rings is 1. The van der Waals surface area contributed by atoms with Crippen molar-refractivity contribution in [2.45, 2.75) is 18.9 Å². The van der Waals surface area contributed by atoms with Crippen molar-refractivity contribution in [3.63, 3.8) is 0 Å². The van der Waals surface area contributed by atoms with Crippen molar-refractivity contribution >= 4 is 35.0 Å². The van der Waals surface area contributed by atoms with Gasteiger partial charge in [-0.05, 0) is 54.8 Å². The highest BCUT2D eigenvalue weighted by molar-refractivity contribution is 7.99. The van der Waals surface area contributed by atoms with Gasteiger partial charge >= 0.3 is 0 Å². The lowest BCUT2D eigenvalue weighted by Gasteiger charge is -2.23.